The van der Waals surface area contributed by atoms with Gasteiger partial charge in [0.1, 0.15) is 5.76 Å². The van der Waals surface area contributed by atoms with Gasteiger partial charge in [0.2, 0.25) is 0 Å². The summed E-state index contributed by atoms with van der Waals surface area (Å²) < 4.78 is 39.9. The van der Waals surface area contributed by atoms with Gasteiger partial charge in [-0.3, -0.25) is 0 Å². The predicted molar refractivity (Wildman–Crippen MR) is 47.4 cm³/mol. The van der Waals surface area contributed by atoms with Crippen LogP contribution in [0.3, 0.4) is 0 Å². The second-order valence-corrected chi connectivity index (χ2v) is 3.53. The van der Waals surface area contributed by atoms with Crippen molar-refractivity contribution in [2.24, 2.45) is 5.92 Å². The van der Waals surface area contributed by atoms with E-state index in [4.69, 9.17) is 0 Å². The highest BCUT2D eigenvalue weighted by molar-refractivity contribution is 5.25. The first kappa shape index (κ1) is 11.1. The Balaban J connectivity index is 2.85. The van der Waals surface area contributed by atoms with E-state index in [-0.39, 0.29) is 11.7 Å². The molecule has 0 aliphatic heterocycles. The van der Waals surface area contributed by atoms with Gasteiger partial charge in [-0.1, -0.05) is 19.9 Å². The van der Waals surface area contributed by atoms with Crippen molar-refractivity contribution in [2.75, 3.05) is 0 Å². The molecular weight excluding hydrogens is 193 g/mol. The molecule has 0 heterocycles. The van der Waals surface area contributed by atoms with E-state index < -0.39 is 6.36 Å². The molecule has 0 radical (unpaired) electrons. The molecule has 14 heavy (non-hydrogen) atoms. The molecule has 1 aliphatic carbocycles. The van der Waals surface area contributed by atoms with Crippen molar-refractivity contribution in [1.29, 1.82) is 0 Å². The Kier molecular flexibility index (Phi) is 3.24. The first-order valence-electron chi connectivity index (χ1n) is 4.55. The molecule has 0 saturated carbocycles. The minimum absolute atomic E-state index is 0.0289. The van der Waals surface area contributed by atoms with Crippen LogP contribution in [0.25, 0.3) is 0 Å². The van der Waals surface area contributed by atoms with Gasteiger partial charge in [0, 0.05) is 0 Å². The summed E-state index contributed by atoms with van der Waals surface area (Å²) in [4.78, 5) is 0. The molecule has 0 unspecified atom stereocenters. The minimum atomic E-state index is -4.59. The molecule has 0 N–H and O–H groups in total. The van der Waals surface area contributed by atoms with E-state index >= 15 is 0 Å². The lowest BCUT2D eigenvalue weighted by Gasteiger charge is -2.20. The molecule has 0 aromatic carbocycles. The van der Waals surface area contributed by atoms with Gasteiger partial charge in [-0.25, -0.2) is 0 Å². The van der Waals surface area contributed by atoms with Crippen LogP contribution in [0.4, 0.5) is 13.2 Å². The van der Waals surface area contributed by atoms with Gasteiger partial charge in [0.15, 0.2) is 0 Å². The molecule has 1 aliphatic rings. The molecule has 0 bridgehead atoms. The summed E-state index contributed by atoms with van der Waals surface area (Å²) in [5, 5.41) is 0. The predicted octanol–water partition coefficient (Wildman–Crippen LogP) is 3.78. The Labute approximate surface area is 81.2 Å². The Morgan fingerprint density at radius 1 is 1.36 bits per heavy atom. The van der Waals surface area contributed by atoms with Gasteiger partial charge in [0.05, 0.1) is 0 Å². The van der Waals surface area contributed by atoms with Crippen molar-refractivity contribution in [2.45, 2.75) is 33.1 Å². The average molecular weight is 206 g/mol. The van der Waals surface area contributed by atoms with Crippen molar-refractivity contribution in [3.05, 3.63) is 23.5 Å². The summed E-state index contributed by atoms with van der Waals surface area (Å²) in [6.07, 6.45) is -0.0335. The van der Waals surface area contributed by atoms with Gasteiger partial charge in [-0.05, 0) is 30.4 Å². The van der Waals surface area contributed by atoms with Crippen molar-refractivity contribution in [3.63, 3.8) is 0 Å². The molecule has 0 amide bonds. The monoisotopic (exact) mass is 206 g/mol. The molecule has 1 rings (SSSR count). The highest BCUT2D eigenvalue weighted by Gasteiger charge is 2.33. The molecule has 0 spiro atoms. The van der Waals surface area contributed by atoms with Gasteiger partial charge in [-0.2, -0.15) is 0 Å². The van der Waals surface area contributed by atoms with E-state index in [2.05, 4.69) is 4.74 Å². The van der Waals surface area contributed by atoms with E-state index in [9.17, 15) is 13.2 Å². The topological polar surface area (TPSA) is 9.23 Å². The van der Waals surface area contributed by atoms with Crippen LogP contribution in [-0.4, -0.2) is 6.36 Å². The maximum atomic E-state index is 12.0. The number of rotatable bonds is 2. The molecule has 0 saturated heterocycles. The lowest BCUT2D eigenvalue weighted by molar-refractivity contribution is -0.304. The van der Waals surface area contributed by atoms with Crippen LogP contribution in [0.5, 0.6) is 0 Å². The Morgan fingerprint density at radius 3 is 2.50 bits per heavy atom. The summed E-state index contributed by atoms with van der Waals surface area (Å²) in [6, 6.07) is 0. The average Bonchev–Trinajstić information content (AvgIpc) is 2.01. The molecule has 1 nitrogen and oxygen atoms in total. The number of allylic oxidation sites excluding steroid dienone is 3. The molecule has 4 heteroatoms. The number of ether oxygens (including phenoxy) is 1. The van der Waals surface area contributed by atoms with Gasteiger partial charge in [-0.15, -0.1) is 13.2 Å². The van der Waals surface area contributed by atoms with Crippen LogP contribution < -0.4 is 0 Å². The highest BCUT2D eigenvalue weighted by Crippen LogP contribution is 2.31. The van der Waals surface area contributed by atoms with Crippen LogP contribution in [0.2, 0.25) is 0 Å². The minimum Gasteiger partial charge on any atom is -0.406 e. The lowest BCUT2D eigenvalue weighted by atomic mass is 9.94. The van der Waals surface area contributed by atoms with Gasteiger partial charge in [0.25, 0.3) is 0 Å². The van der Waals surface area contributed by atoms with Crippen LogP contribution in [0, 0.1) is 5.92 Å². The van der Waals surface area contributed by atoms with Gasteiger partial charge < -0.3 is 4.74 Å². The number of alkyl halides is 3. The molecule has 0 aromatic rings. The standard InChI is InChI=1S/C10H13F3O/c1-7(2)8-5-3-4-6-9(8)14-10(11,12)13/h4,6-7H,3,5H2,1-2H3. The third-order valence-electron chi connectivity index (χ3n) is 2.09. The van der Waals surface area contributed by atoms with Gasteiger partial charge >= 0.3 is 6.36 Å². The van der Waals surface area contributed by atoms with Crippen LogP contribution in [-0.2, 0) is 4.74 Å². The van der Waals surface area contributed by atoms with E-state index in [1.165, 1.54) is 6.08 Å². The molecule has 0 fully saturated rings. The first-order chi connectivity index (χ1) is 6.40. The molecule has 0 atom stereocenters. The van der Waals surface area contributed by atoms with E-state index in [1.807, 2.05) is 13.8 Å². The van der Waals surface area contributed by atoms with Crippen molar-refractivity contribution in [1.82, 2.24) is 0 Å². The molecule has 0 aromatic heterocycles. The zero-order valence-electron chi connectivity index (χ0n) is 8.19. The lowest BCUT2D eigenvalue weighted by Crippen LogP contribution is -2.15. The van der Waals surface area contributed by atoms with E-state index in [0.717, 1.165) is 12.0 Å². The maximum absolute atomic E-state index is 12.0. The largest absolute Gasteiger partial charge is 0.573 e. The Hall–Kier alpha value is -0.930. The summed E-state index contributed by atoms with van der Waals surface area (Å²) in [5.41, 5.74) is 0.741. The maximum Gasteiger partial charge on any atom is 0.573 e. The quantitative estimate of drug-likeness (QED) is 0.668. The number of halogens is 3. The fraction of sp³-hybridized carbons (Fsp3) is 0.600. The van der Waals surface area contributed by atoms with Crippen LogP contribution in [0.15, 0.2) is 23.5 Å². The number of hydrogen-bond acceptors (Lipinski definition) is 1. The van der Waals surface area contributed by atoms with Crippen LogP contribution in [0.1, 0.15) is 26.7 Å². The number of hydrogen-bond donors (Lipinski definition) is 0. The summed E-state index contributed by atoms with van der Waals surface area (Å²) in [6.45, 7) is 3.74. The zero-order chi connectivity index (χ0) is 10.8. The summed E-state index contributed by atoms with van der Waals surface area (Å²) in [5.74, 6) is 0.0658. The summed E-state index contributed by atoms with van der Waals surface area (Å²) in [7, 11) is 0. The van der Waals surface area contributed by atoms with Crippen molar-refractivity contribution >= 4 is 0 Å². The van der Waals surface area contributed by atoms with Crippen LogP contribution >= 0.6 is 0 Å². The van der Waals surface area contributed by atoms with Crippen molar-refractivity contribution in [3.8, 4) is 0 Å². The fourth-order valence-corrected chi connectivity index (χ4v) is 1.46. The molecule has 80 valence electrons. The normalized spacial score (nSPS) is 17.9. The highest BCUT2D eigenvalue weighted by atomic mass is 19.4. The zero-order valence-corrected chi connectivity index (χ0v) is 8.19. The second kappa shape index (κ2) is 4.07. The third-order valence-corrected chi connectivity index (χ3v) is 2.09. The second-order valence-electron chi connectivity index (χ2n) is 3.53. The van der Waals surface area contributed by atoms with E-state index in [1.54, 1.807) is 6.08 Å². The Bertz CT molecular complexity index is 261. The van der Waals surface area contributed by atoms with E-state index in [0.29, 0.717) is 6.42 Å². The third kappa shape index (κ3) is 3.09. The van der Waals surface area contributed by atoms with Crippen molar-refractivity contribution < 1.29 is 17.9 Å². The Morgan fingerprint density at radius 2 is 2.00 bits per heavy atom. The molecular formula is C10H13F3O. The fourth-order valence-electron chi connectivity index (χ4n) is 1.46. The first-order valence-corrected chi connectivity index (χ1v) is 4.55. The smallest absolute Gasteiger partial charge is 0.406 e. The SMILES string of the molecule is CC(C)C1=C(OC(F)(F)F)C=CCC1. The summed E-state index contributed by atoms with van der Waals surface area (Å²) >= 11 is 0.